The summed E-state index contributed by atoms with van der Waals surface area (Å²) in [6, 6.07) is 13.2. The summed E-state index contributed by atoms with van der Waals surface area (Å²) in [6.07, 6.45) is 4.00. The van der Waals surface area contributed by atoms with Crippen molar-refractivity contribution in [1.29, 1.82) is 0 Å². The number of benzene rings is 1. The highest BCUT2D eigenvalue weighted by Crippen LogP contribution is 2.21. The van der Waals surface area contributed by atoms with Crippen LogP contribution in [0, 0.1) is 0 Å². The number of hydrogen-bond donors (Lipinski definition) is 1. The van der Waals surface area contributed by atoms with E-state index in [1.54, 1.807) is 6.26 Å². The van der Waals surface area contributed by atoms with Gasteiger partial charge in [-0.3, -0.25) is 0 Å². The van der Waals surface area contributed by atoms with Crippen molar-refractivity contribution in [2.75, 3.05) is 18.5 Å². The van der Waals surface area contributed by atoms with Crippen LogP contribution in [-0.2, 0) is 6.54 Å². The highest BCUT2D eigenvalue weighted by Gasteiger charge is 2.09. The summed E-state index contributed by atoms with van der Waals surface area (Å²) in [5, 5.41) is 3.59. The lowest BCUT2D eigenvalue weighted by Crippen LogP contribution is -2.21. The maximum absolute atomic E-state index is 5.40. The van der Waals surface area contributed by atoms with Crippen LogP contribution in [0.15, 0.2) is 47.1 Å². The molecule has 1 aromatic heterocycles. The second kappa shape index (κ2) is 7.89. The Kier molecular flexibility index (Phi) is 5.88. The lowest BCUT2D eigenvalue weighted by atomic mass is 10.0. The molecule has 1 aromatic carbocycles. The second-order valence-electron chi connectivity index (χ2n) is 5.44. The van der Waals surface area contributed by atoms with E-state index in [-0.39, 0.29) is 0 Å². The Morgan fingerprint density at radius 1 is 1.14 bits per heavy atom. The number of anilines is 1. The van der Waals surface area contributed by atoms with Gasteiger partial charge >= 0.3 is 0 Å². The molecule has 2 aromatic rings. The van der Waals surface area contributed by atoms with Crippen LogP contribution in [0.4, 0.5) is 5.69 Å². The van der Waals surface area contributed by atoms with Gasteiger partial charge in [0.25, 0.3) is 0 Å². The normalized spacial score (nSPS) is 12.3. The standard InChI is InChI=1S/C18H26N2O/c1-4-12-19-18(5-2)15-8-10-16(11-9-15)20(3)14-17-7-6-13-21-17/h6-11,13,18-19H,4-5,12,14H2,1-3H3. The minimum Gasteiger partial charge on any atom is -0.467 e. The average Bonchev–Trinajstić information content (AvgIpc) is 3.01. The predicted octanol–water partition coefficient (Wildman–Crippen LogP) is 4.37. The molecule has 2 rings (SSSR count). The molecule has 21 heavy (non-hydrogen) atoms. The van der Waals surface area contributed by atoms with Crippen molar-refractivity contribution < 1.29 is 4.42 Å². The molecule has 0 aliphatic heterocycles. The molecule has 1 N–H and O–H groups in total. The summed E-state index contributed by atoms with van der Waals surface area (Å²) in [6.45, 7) is 6.28. The quantitative estimate of drug-likeness (QED) is 0.781. The van der Waals surface area contributed by atoms with Crippen molar-refractivity contribution in [3.63, 3.8) is 0 Å². The molecular formula is C18H26N2O. The van der Waals surface area contributed by atoms with Crippen LogP contribution in [0.5, 0.6) is 0 Å². The highest BCUT2D eigenvalue weighted by molar-refractivity contribution is 5.47. The smallest absolute Gasteiger partial charge is 0.123 e. The van der Waals surface area contributed by atoms with E-state index in [0.717, 1.165) is 25.3 Å². The van der Waals surface area contributed by atoms with Gasteiger partial charge in [0, 0.05) is 18.8 Å². The fourth-order valence-electron chi connectivity index (χ4n) is 2.51. The van der Waals surface area contributed by atoms with Gasteiger partial charge in [-0.2, -0.15) is 0 Å². The van der Waals surface area contributed by atoms with Crippen molar-refractivity contribution in [2.45, 2.75) is 39.3 Å². The van der Waals surface area contributed by atoms with Crippen molar-refractivity contribution >= 4 is 5.69 Å². The lowest BCUT2D eigenvalue weighted by molar-refractivity contribution is 0.507. The summed E-state index contributed by atoms with van der Waals surface area (Å²) < 4.78 is 5.40. The van der Waals surface area contributed by atoms with Crippen LogP contribution in [0.25, 0.3) is 0 Å². The number of rotatable bonds is 8. The van der Waals surface area contributed by atoms with Crippen LogP contribution < -0.4 is 10.2 Å². The Morgan fingerprint density at radius 3 is 2.48 bits per heavy atom. The summed E-state index contributed by atoms with van der Waals surface area (Å²) in [5.74, 6) is 0.984. The Hall–Kier alpha value is -1.74. The predicted molar refractivity (Wildman–Crippen MR) is 88.6 cm³/mol. The number of furan rings is 1. The molecule has 1 unspecified atom stereocenters. The van der Waals surface area contributed by atoms with Crippen LogP contribution in [0.3, 0.4) is 0 Å². The molecule has 0 aliphatic carbocycles. The molecule has 0 saturated heterocycles. The molecule has 0 bridgehead atoms. The van der Waals surface area contributed by atoms with Crippen molar-refractivity contribution in [1.82, 2.24) is 5.32 Å². The number of hydrogen-bond acceptors (Lipinski definition) is 3. The number of nitrogens with one attached hydrogen (secondary N) is 1. The average molecular weight is 286 g/mol. The zero-order valence-corrected chi connectivity index (χ0v) is 13.3. The molecule has 1 atom stereocenters. The Labute approximate surface area is 128 Å². The fraction of sp³-hybridized carbons (Fsp3) is 0.444. The van der Waals surface area contributed by atoms with E-state index >= 15 is 0 Å². The maximum atomic E-state index is 5.40. The van der Waals surface area contributed by atoms with Crippen molar-refractivity contribution in [3.8, 4) is 0 Å². The molecule has 0 saturated carbocycles. The van der Waals surface area contributed by atoms with E-state index in [1.165, 1.54) is 17.7 Å². The third kappa shape index (κ3) is 4.36. The third-order valence-corrected chi connectivity index (χ3v) is 3.76. The van der Waals surface area contributed by atoms with E-state index < -0.39 is 0 Å². The van der Waals surface area contributed by atoms with Gasteiger partial charge in [-0.1, -0.05) is 26.0 Å². The van der Waals surface area contributed by atoms with E-state index in [9.17, 15) is 0 Å². The van der Waals surface area contributed by atoms with E-state index in [0.29, 0.717) is 6.04 Å². The lowest BCUT2D eigenvalue weighted by Gasteiger charge is -2.21. The van der Waals surface area contributed by atoms with E-state index in [1.807, 2.05) is 12.1 Å². The van der Waals surface area contributed by atoms with Gasteiger partial charge in [0.1, 0.15) is 5.76 Å². The summed E-state index contributed by atoms with van der Waals surface area (Å²) >= 11 is 0. The van der Waals surface area contributed by atoms with Gasteiger partial charge in [-0.05, 0) is 49.2 Å². The molecule has 0 aliphatic rings. The molecule has 3 heteroatoms. The van der Waals surface area contributed by atoms with Gasteiger partial charge in [0.05, 0.1) is 12.8 Å². The first-order valence-electron chi connectivity index (χ1n) is 7.81. The Balaban J connectivity index is 2.00. The van der Waals surface area contributed by atoms with Gasteiger partial charge in [-0.15, -0.1) is 0 Å². The first-order chi connectivity index (χ1) is 10.2. The van der Waals surface area contributed by atoms with Gasteiger partial charge < -0.3 is 14.6 Å². The number of nitrogens with zero attached hydrogens (tertiary/aromatic N) is 1. The van der Waals surface area contributed by atoms with Crippen LogP contribution in [0.1, 0.15) is 44.1 Å². The van der Waals surface area contributed by atoms with Crippen molar-refractivity contribution in [2.24, 2.45) is 0 Å². The zero-order chi connectivity index (χ0) is 15.1. The minimum atomic E-state index is 0.453. The molecule has 0 fully saturated rings. The van der Waals surface area contributed by atoms with Gasteiger partial charge in [0.2, 0.25) is 0 Å². The SMILES string of the molecule is CCCNC(CC)c1ccc(N(C)Cc2ccco2)cc1. The van der Waals surface area contributed by atoms with Crippen LogP contribution in [0.2, 0.25) is 0 Å². The molecule has 0 amide bonds. The topological polar surface area (TPSA) is 28.4 Å². The van der Waals surface area contributed by atoms with Gasteiger partial charge in [-0.25, -0.2) is 0 Å². The first kappa shape index (κ1) is 15.6. The zero-order valence-electron chi connectivity index (χ0n) is 13.3. The summed E-state index contributed by atoms with van der Waals surface area (Å²) in [7, 11) is 2.09. The molecule has 0 radical (unpaired) electrons. The molecular weight excluding hydrogens is 260 g/mol. The minimum absolute atomic E-state index is 0.453. The first-order valence-corrected chi connectivity index (χ1v) is 7.81. The fourth-order valence-corrected chi connectivity index (χ4v) is 2.51. The van der Waals surface area contributed by atoms with E-state index in [4.69, 9.17) is 4.42 Å². The molecule has 3 nitrogen and oxygen atoms in total. The largest absolute Gasteiger partial charge is 0.467 e. The molecule has 1 heterocycles. The van der Waals surface area contributed by atoms with Crippen molar-refractivity contribution in [3.05, 3.63) is 54.0 Å². The summed E-state index contributed by atoms with van der Waals surface area (Å²) in [4.78, 5) is 2.20. The van der Waals surface area contributed by atoms with Gasteiger partial charge in [0.15, 0.2) is 0 Å². The molecule has 114 valence electrons. The third-order valence-electron chi connectivity index (χ3n) is 3.76. The Bertz CT molecular complexity index is 505. The monoisotopic (exact) mass is 286 g/mol. The van der Waals surface area contributed by atoms with Crippen LogP contribution >= 0.6 is 0 Å². The Morgan fingerprint density at radius 2 is 1.90 bits per heavy atom. The van der Waals surface area contributed by atoms with Crippen LogP contribution in [-0.4, -0.2) is 13.6 Å². The summed E-state index contributed by atoms with van der Waals surface area (Å²) in [5.41, 5.74) is 2.57. The maximum Gasteiger partial charge on any atom is 0.123 e. The highest BCUT2D eigenvalue weighted by atomic mass is 16.3. The second-order valence-corrected chi connectivity index (χ2v) is 5.44. The molecule has 0 spiro atoms. The van der Waals surface area contributed by atoms with E-state index in [2.05, 4.69) is 55.4 Å².